The van der Waals surface area contributed by atoms with Gasteiger partial charge in [-0.25, -0.2) is 4.79 Å². The molecule has 4 atom stereocenters. The lowest BCUT2D eigenvalue weighted by molar-refractivity contribution is -0.273. The summed E-state index contributed by atoms with van der Waals surface area (Å²) < 4.78 is 50.4. The van der Waals surface area contributed by atoms with E-state index in [2.05, 4.69) is 0 Å². The van der Waals surface area contributed by atoms with E-state index in [4.69, 9.17) is 21.1 Å². The average Bonchev–Trinajstić information content (AvgIpc) is 2.72. The van der Waals surface area contributed by atoms with E-state index in [1.165, 1.54) is 32.2 Å². The van der Waals surface area contributed by atoms with Crippen LogP contribution in [-0.4, -0.2) is 36.1 Å². The van der Waals surface area contributed by atoms with Crippen LogP contribution in [0.5, 0.6) is 5.75 Å². The molecule has 4 nitrogen and oxygen atoms in total. The van der Waals surface area contributed by atoms with Crippen LogP contribution in [0.2, 0.25) is 5.02 Å². The molecule has 8 heteroatoms. The summed E-state index contributed by atoms with van der Waals surface area (Å²) in [5.74, 6) is -3.49. The van der Waals surface area contributed by atoms with E-state index in [9.17, 15) is 23.1 Å². The van der Waals surface area contributed by atoms with Gasteiger partial charge in [0, 0.05) is 17.4 Å². The molecule has 0 spiro atoms. The van der Waals surface area contributed by atoms with Gasteiger partial charge in [-0.3, -0.25) is 0 Å². The number of hydrogen-bond donors (Lipinski definition) is 1. The minimum Gasteiger partial charge on any atom is -0.495 e. The number of para-hydroxylation sites is 1. The van der Waals surface area contributed by atoms with Crippen molar-refractivity contribution in [3.63, 3.8) is 0 Å². The molecule has 1 aliphatic rings. The Kier molecular flexibility index (Phi) is 4.56. The molecule has 0 amide bonds. The van der Waals surface area contributed by atoms with Crippen LogP contribution >= 0.6 is 11.6 Å². The molecule has 0 saturated carbocycles. The van der Waals surface area contributed by atoms with E-state index in [1.54, 1.807) is 0 Å². The number of rotatable bonds is 3. The summed E-state index contributed by atoms with van der Waals surface area (Å²) in [4.78, 5) is 11.5. The summed E-state index contributed by atoms with van der Waals surface area (Å²) >= 11 is 6.01. The predicted molar refractivity (Wildman–Crippen MR) is 76.9 cm³/mol. The van der Waals surface area contributed by atoms with Gasteiger partial charge >= 0.3 is 12.1 Å². The third kappa shape index (κ3) is 2.76. The van der Waals surface area contributed by atoms with Crippen LogP contribution in [0.1, 0.15) is 25.3 Å². The highest BCUT2D eigenvalue weighted by Gasteiger charge is 2.65. The lowest BCUT2D eigenvalue weighted by Crippen LogP contribution is -2.47. The number of carbonyl (C=O) groups is 1. The van der Waals surface area contributed by atoms with Crippen LogP contribution in [-0.2, 0) is 9.53 Å². The average molecular weight is 353 g/mol. The van der Waals surface area contributed by atoms with Crippen molar-refractivity contribution in [3.8, 4) is 5.75 Å². The molecule has 1 N–H and O–H groups in total. The Morgan fingerprint density at radius 1 is 1.43 bits per heavy atom. The Labute approximate surface area is 136 Å². The summed E-state index contributed by atoms with van der Waals surface area (Å²) in [6.45, 7) is 2.19. The number of hydrogen-bond acceptors (Lipinski definition) is 3. The van der Waals surface area contributed by atoms with Crippen LogP contribution in [0.15, 0.2) is 18.2 Å². The smallest absolute Gasteiger partial charge is 0.417 e. The largest absolute Gasteiger partial charge is 0.495 e. The molecule has 1 aliphatic heterocycles. The Balaban J connectivity index is 2.60. The highest BCUT2D eigenvalue weighted by atomic mass is 35.5. The highest BCUT2D eigenvalue weighted by Crippen LogP contribution is 2.55. The van der Waals surface area contributed by atoms with Crippen molar-refractivity contribution in [2.45, 2.75) is 37.6 Å². The third-order valence-corrected chi connectivity index (χ3v) is 4.77. The van der Waals surface area contributed by atoms with Gasteiger partial charge in [-0.15, -0.1) is 0 Å². The van der Waals surface area contributed by atoms with Gasteiger partial charge in [-0.2, -0.15) is 13.2 Å². The number of benzene rings is 1. The molecule has 2 rings (SSSR count). The van der Waals surface area contributed by atoms with Gasteiger partial charge in [0.2, 0.25) is 0 Å². The first-order valence-electron chi connectivity index (χ1n) is 6.84. The SMILES string of the molecule is COc1c(Cl)cccc1C1C(C)C(C)(C(F)(F)F)O[C@H]1C(=O)O. The van der Waals surface area contributed by atoms with E-state index >= 15 is 0 Å². The van der Waals surface area contributed by atoms with Gasteiger partial charge in [0.1, 0.15) is 5.75 Å². The molecular weight excluding hydrogens is 337 g/mol. The monoisotopic (exact) mass is 352 g/mol. The second-order valence-corrected chi connectivity index (χ2v) is 6.07. The van der Waals surface area contributed by atoms with E-state index in [0.29, 0.717) is 0 Å². The molecule has 1 saturated heterocycles. The van der Waals surface area contributed by atoms with Crippen LogP contribution in [0.4, 0.5) is 13.2 Å². The second kappa shape index (κ2) is 5.87. The predicted octanol–water partition coefficient (Wildman–Crippen LogP) is 3.87. The Hall–Kier alpha value is -1.47. The number of carboxylic acid groups (broad SMARTS) is 1. The van der Waals surface area contributed by atoms with Gasteiger partial charge in [0.05, 0.1) is 12.1 Å². The Morgan fingerprint density at radius 2 is 2.04 bits per heavy atom. The second-order valence-electron chi connectivity index (χ2n) is 5.66. The van der Waals surface area contributed by atoms with E-state index < -0.39 is 35.7 Å². The van der Waals surface area contributed by atoms with Crippen LogP contribution in [0, 0.1) is 5.92 Å². The number of carboxylic acids is 1. The van der Waals surface area contributed by atoms with Crippen molar-refractivity contribution < 1.29 is 32.5 Å². The van der Waals surface area contributed by atoms with Crippen LogP contribution < -0.4 is 4.74 Å². The lowest BCUT2D eigenvalue weighted by Gasteiger charge is -2.32. The highest BCUT2D eigenvalue weighted by molar-refractivity contribution is 6.32. The van der Waals surface area contributed by atoms with Gasteiger partial charge in [-0.05, 0) is 13.0 Å². The quantitative estimate of drug-likeness (QED) is 0.897. The minimum atomic E-state index is -4.71. The molecule has 3 unspecified atom stereocenters. The maximum atomic E-state index is 13.4. The maximum absolute atomic E-state index is 13.4. The zero-order chi connectivity index (χ0) is 17.6. The van der Waals surface area contributed by atoms with Crippen molar-refractivity contribution in [1.82, 2.24) is 0 Å². The van der Waals surface area contributed by atoms with Gasteiger partial charge in [0.25, 0.3) is 0 Å². The fourth-order valence-electron chi connectivity index (χ4n) is 3.01. The summed E-state index contributed by atoms with van der Waals surface area (Å²) in [5.41, 5.74) is -2.29. The van der Waals surface area contributed by atoms with Crippen molar-refractivity contribution in [2.24, 2.45) is 5.92 Å². The fourth-order valence-corrected chi connectivity index (χ4v) is 3.27. The molecule has 0 bridgehead atoms. The number of aliphatic carboxylic acids is 1. The Bertz CT molecular complexity index is 619. The normalized spacial score (nSPS) is 31.2. The molecule has 1 aromatic rings. The number of halogens is 4. The van der Waals surface area contributed by atoms with Crippen molar-refractivity contribution in [1.29, 1.82) is 0 Å². The minimum absolute atomic E-state index is 0.160. The van der Waals surface area contributed by atoms with Crippen molar-refractivity contribution in [3.05, 3.63) is 28.8 Å². The molecule has 0 radical (unpaired) electrons. The van der Waals surface area contributed by atoms with Gasteiger partial charge in [0.15, 0.2) is 11.7 Å². The standard InChI is InChI=1S/C15H16ClF3O4/c1-7-10(8-5-4-6-9(16)11(8)22-3)12(13(20)21)23-14(7,2)15(17,18)19/h4-7,10,12H,1-3H3,(H,20,21)/t7?,10?,12-,14?/m1/s1. The molecule has 1 fully saturated rings. The fraction of sp³-hybridized carbons (Fsp3) is 0.533. The van der Waals surface area contributed by atoms with Gasteiger partial charge < -0.3 is 14.6 Å². The van der Waals surface area contributed by atoms with Gasteiger partial charge in [-0.1, -0.05) is 30.7 Å². The molecule has 23 heavy (non-hydrogen) atoms. The van der Waals surface area contributed by atoms with Crippen molar-refractivity contribution >= 4 is 17.6 Å². The van der Waals surface area contributed by atoms with Crippen molar-refractivity contribution in [2.75, 3.05) is 7.11 Å². The number of methoxy groups -OCH3 is 1. The van der Waals surface area contributed by atoms with Crippen LogP contribution in [0.3, 0.4) is 0 Å². The summed E-state index contributed by atoms with van der Waals surface area (Å²) in [5, 5.41) is 9.52. The molecule has 1 aromatic carbocycles. The number of ether oxygens (including phenoxy) is 2. The molecule has 1 heterocycles. The molecule has 0 aromatic heterocycles. The first-order valence-corrected chi connectivity index (χ1v) is 7.22. The Morgan fingerprint density at radius 3 is 2.52 bits per heavy atom. The zero-order valence-corrected chi connectivity index (χ0v) is 13.4. The zero-order valence-electron chi connectivity index (χ0n) is 12.6. The molecular formula is C15H16ClF3O4. The third-order valence-electron chi connectivity index (χ3n) is 4.47. The van der Waals surface area contributed by atoms with E-state index in [-0.39, 0.29) is 16.3 Å². The first-order chi connectivity index (χ1) is 10.5. The maximum Gasteiger partial charge on any atom is 0.417 e. The topological polar surface area (TPSA) is 55.8 Å². The summed E-state index contributed by atoms with van der Waals surface area (Å²) in [7, 11) is 1.32. The van der Waals surface area contributed by atoms with Crippen LogP contribution in [0.25, 0.3) is 0 Å². The first kappa shape index (κ1) is 17.9. The van der Waals surface area contributed by atoms with E-state index in [0.717, 1.165) is 6.92 Å². The van der Waals surface area contributed by atoms with E-state index in [1.807, 2.05) is 0 Å². The summed E-state index contributed by atoms with van der Waals surface area (Å²) in [6, 6.07) is 4.56. The molecule has 128 valence electrons. The molecule has 0 aliphatic carbocycles. The number of alkyl halides is 3. The lowest BCUT2D eigenvalue weighted by atomic mass is 9.77. The summed E-state index contributed by atoms with van der Waals surface area (Å²) in [6.07, 6.45) is -6.36.